The van der Waals surface area contributed by atoms with Gasteiger partial charge in [-0.15, -0.1) is 0 Å². The maximum atomic E-state index is 12.4. The summed E-state index contributed by atoms with van der Waals surface area (Å²) >= 11 is 0. The fraction of sp³-hybridized carbons (Fsp3) is 0.500. The van der Waals surface area contributed by atoms with E-state index >= 15 is 0 Å². The molecule has 1 rings (SSSR count). The Morgan fingerprint density at radius 2 is 2.32 bits per heavy atom. The number of hydrogen-bond acceptors (Lipinski definition) is 4. The molecule has 0 spiro atoms. The van der Waals surface area contributed by atoms with Crippen LogP contribution in [0.5, 0.6) is 0 Å². The van der Waals surface area contributed by atoms with Crippen LogP contribution in [0.4, 0.5) is 14.5 Å². The number of aliphatic hydroxyl groups excluding tert-OH is 1. The molecule has 1 aromatic heterocycles. The van der Waals surface area contributed by atoms with Gasteiger partial charge in [-0.05, 0) is 19.1 Å². The number of aromatic nitrogens is 1. The molecular weight excluding hydrogens is 256 g/mol. The number of carbonyl (C=O) groups excluding carboxylic acids is 1. The fourth-order valence-electron chi connectivity index (χ4n) is 1.59. The van der Waals surface area contributed by atoms with Crippen molar-refractivity contribution in [2.75, 3.05) is 31.6 Å². The van der Waals surface area contributed by atoms with Crippen LogP contribution in [0.3, 0.4) is 0 Å². The van der Waals surface area contributed by atoms with Gasteiger partial charge < -0.3 is 15.3 Å². The summed E-state index contributed by atoms with van der Waals surface area (Å²) in [6, 6.07) is 3.19. The first kappa shape index (κ1) is 15.3. The summed E-state index contributed by atoms with van der Waals surface area (Å²) in [4.78, 5) is 16.8. The lowest BCUT2D eigenvalue weighted by atomic mass is 10.2. The zero-order valence-corrected chi connectivity index (χ0v) is 10.6. The highest BCUT2D eigenvalue weighted by Gasteiger charge is 2.20. The average molecular weight is 273 g/mol. The van der Waals surface area contributed by atoms with Crippen LogP contribution in [-0.2, 0) is 0 Å². The molecule has 0 aliphatic carbocycles. The van der Waals surface area contributed by atoms with E-state index in [1.165, 1.54) is 12.3 Å². The van der Waals surface area contributed by atoms with Gasteiger partial charge in [0.1, 0.15) is 5.69 Å². The molecule has 1 heterocycles. The molecule has 0 unspecified atom stereocenters. The Morgan fingerprint density at radius 1 is 1.58 bits per heavy atom. The van der Waals surface area contributed by atoms with Crippen LogP contribution >= 0.6 is 0 Å². The number of amides is 1. The van der Waals surface area contributed by atoms with Gasteiger partial charge in [-0.3, -0.25) is 9.78 Å². The fourth-order valence-corrected chi connectivity index (χ4v) is 1.59. The molecule has 0 atom stereocenters. The highest BCUT2D eigenvalue weighted by atomic mass is 19.3. The summed E-state index contributed by atoms with van der Waals surface area (Å²) < 4.78 is 24.8. The highest BCUT2D eigenvalue weighted by Crippen LogP contribution is 2.11. The van der Waals surface area contributed by atoms with Crippen molar-refractivity contribution < 1.29 is 18.7 Å². The molecule has 0 aromatic carbocycles. The number of carbonyl (C=O) groups is 1. The van der Waals surface area contributed by atoms with Gasteiger partial charge in [-0.25, -0.2) is 8.78 Å². The van der Waals surface area contributed by atoms with Crippen molar-refractivity contribution in [1.82, 2.24) is 9.88 Å². The second kappa shape index (κ2) is 7.63. The summed E-state index contributed by atoms with van der Waals surface area (Å²) in [5, 5.41) is 11.8. The molecule has 1 aromatic rings. The quantitative estimate of drug-likeness (QED) is 0.784. The van der Waals surface area contributed by atoms with E-state index in [-0.39, 0.29) is 18.8 Å². The van der Waals surface area contributed by atoms with Gasteiger partial charge in [0.2, 0.25) is 0 Å². The lowest BCUT2D eigenvalue weighted by molar-refractivity contribution is 0.0504. The van der Waals surface area contributed by atoms with Crippen LogP contribution in [0.1, 0.15) is 17.4 Å². The molecule has 2 N–H and O–H groups in total. The molecule has 5 nitrogen and oxygen atoms in total. The number of anilines is 1. The lowest BCUT2D eigenvalue weighted by Crippen LogP contribution is -2.37. The Balaban J connectivity index is 2.85. The SMILES string of the molecule is CCNc1ccnc(C(=O)N(CCO)CC(F)F)c1. The van der Waals surface area contributed by atoms with Gasteiger partial charge in [0.15, 0.2) is 0 Å². The second-order valence-corrected chi connectivity index (χ2v) is 3.83. The Kier molecular flexibility index (Phi) is 6.14. The van der Waals surface area contributed by atoms with Crippen LogP contribution < -0.4 is 5.32 Å². The number of aliphatic hydroxyl groups is 1. The zero-order chi connectivity index (χ0) is 14.3. The predicted octanol–water partition coefficient (Wildman–Crippen LogP) is 1.21. The van der Waals surface area contributed by atoms with Gasteiger partial charge in [-0.2, -0.15) is 0 Å². The number of hydrogen-bond donors (Lipinski definition) is 2. The minimum absolute atomic E-state index is 0.0764. The van der Waals surface area contributed by atoms with Crippen molar-refractivity contribution in [1.29, 1.82) is 0 Å². The lowest BCUT2D eigenvalue weighted by Gasteiger charge is -2.21. The molecule has 0 bridgehead atoms. The van der Waals surface area contributed by atoms with E-state index < -0.39 is 18.9 Å². The molecular formula is C12H17F2N3O2. The average Bonchev–Trinajstić information content (AvgIpc) is 2.37. The standard InChI is InChI=1S/C12H17F2N3O2/c1-2-15-9-3-4-16-10(7-9)12(19)17(5-6-18)8-11(13)14/h3-4,7,11,18H,2,5-6,8H2,1H3,(H,15,16). The van der Waals surface area contributed by atoms with Gasteiger partial charge in [0.05, 0.1) is 13.2 Å². The first-order valence-corrected chi connectivity index (χ1v) is 5.96. The van der Waals surface area contributed by atoms with Crippen LogP contribution in [0.15, 0.2) is 18.3 Å². The highest BCUT2D eigenvalue weighted by molar-refractivity contribution is 5.93. The topological polar surface area (TPSA) is 65.5 Å². The minimum Gasteiger partial charge on any atom is -0.395 e. The van der Waals surface area contributed by atoms with E-state index in [0.717, 1.165) is 4.90 Å². The van der Waals surface area contributed by atoms with Gasteiger partial charge in [-0.1, -0.05) is 0 Å². The molecule has 106 valence electrons. The van der Waals surface area contributed by atoms with E-state index in [2.05, 4.69) is 10.3 Å². The number of pyridine rings is 1. The van der Waals surface area contributed by atoms with Crippen molar-refractivity contribution in [2.45, 2.75) is 13.3 Å². The smallest absolute Gasteiger partial charge is 0.272 e. The summed E-state index contributed by atoms with van der Waals surface area (Å²) in [5.41, 5.74) is 0.773. The largest absolute Gasteiger partial charge is 0.395 e. The number of nitrogens with zero attached hydrogens (tertiary/aromatic N) is 2. The van der Waals surface area contributed by atoms with E-state index in [1.54, 1.807) is 6.07 Å². The van der Waals surface area contributed by atoms with Crippen LogP contribution in [0, 0.1) is 0 Å². The second-order valence-electron chi connectivity index (χ2n) is 3.83. The van der Waals surface area contributed by atoms with Gasteiger partial charge in [0.25, 0.3) is 12.3 Å². The zero-order valence-electron chi connectivity index (χ0n) is 10.6. The van der Waals surface area contributed by atoms with E-state index in [1.807, 2.05) is 6.92 Å². The predicted molar refractivity (Wildman–Crippen MR) is 67.4 cm³/mol. The third kappa shape index (κ3) is 4.78. The van der Waals surface area contributed by atoms with Gasteiger partial charge >= 0.3 is 0 Å². The Morgan fingerprint density at radius 3 is 2.89 bits per heavy atom. The molecule has 1 amide bonds. The van der Waals surface area contributed by atoms with Gasteiger partial charge in [0, 0.05) is 25.0 Å². The maximum absolute atomic E-state index is 12.4. The molecule has 0 saturated carbocycles. The number of nitrogens with one attached hydrogen (secondary N) is 1. The third-order valence-corrected chi connectivity index (χ3v) is 2.38. The molecule has 0 radical (unpaired) electrons. The summed E-state index contributed by atoms with van der Waals surface area (Å²) in [5.74, 6) is -0.617. The van der Waals surface area contributed by atoms with Crippen molar-refractivity contribution in [3.8, 4) is 0 Å². The van der Waals surface area contributed by atoms with E-state index in [9.17, 15) is 13.6 Å². The Hall–Kier alpha value is -1.76. The minimum atomic E-state index is -2.65. The molecule has 0 saturated heterocycles. The van der Waals surface area contributed by atoms with Crippen molar-refractivity contribution in [2.24, 2.45) is 0 Å². The first-order chi connectivity index (χ1) is 9.08. The number of halogens is 2. The monoisotopic (exact) mass is 273 g/mol. The van der Waals surface area contributed by atoms with E-state index in [4.69, 9.17) is 5.11 Å². The van der Waals surface area contributed by atoms with E-state index in [0.29, 0.717) is 12.2 Å². The Labute approximate surface area is 110 Å². The molecule has 0 aliphatic rings. The summed E-state index contributed by atoms with van der Waals surface area (Å²) in [7, 11) is 0. The van der Waals surface area contributed by atoms with Crippen molar-refractivity contribution in [3.63, 3.8) is 0 Å². The summed E-state index contributed by atoms with van der Waals surface area (Å²) in [6.07, 6.45) is -1.21. The third-order valence-electron chi connectivity index (χ3n) is 2.38. The van der Waals surface area contributed by atoms with Crippen LogP contribution in [0.25, 0.3) is 0 Å². The van der Waals surface area contributed by atoms with Crippen LogP contribution in [0.2, 0.25) is 0 Å². The first-order valence-electron chi connectivity index (χ1n) is 5.96. The van der Waals surface area contributed by atoms with Crippen molar-refractivity contribution >= 4 is 11.6 Å². The number of rotatable bonds is 7. The molecule has 7 heteroatoms. The molecule has 0 aliphatic heterocycles. The normalized spacial score (nSPS) is 10.6. The Bertz CT molecular complexity index is 416. The summed E-state index contributed by atoms with van der Waals surface area (Å²) in [6.45, 7) is 1.35. The number of alkyl halides is 2. The maximum Gasteiger partial charge on any atom is 0.272 e. The molecule has 19 heavy (non-hydrogen) atoms. The van der Waals surface area contributed by atoms with Crippen molar-refractivity contribution in [3.05, 3.63) is 24.0 Å². The molecule has 0 fully saturated rings. The van der Waals surface area contributed by atoms with Crippen LogP contribution in [-0.4, -0.2) is 53.6 Å².